The topological polar surface area (TPSA) is 15.3 Å². The highest BCUT2D eigenvalue weighted by atomic mass is 35.5. The summed E-state index contributed by atoms with van der Waals surface area (Å²) in [5.74, 6) is 0. The summed E-state index contributed by atoms with van der Waals surface area (Å²) >= 11 is 6.19. The van der Waals surface area contributed by atoms with E-state index in [2.05, 4.69) is 61.3 Å². The summed E-state index contributed by atoms with van der Waals surface area (Å²) in [5.41, 5.74) is 6.59. The highest BCUT2D eigenvalue weighted by Gasteiger charge is 2.16. The molecule has 0 spiro atoms. The molecule has 1 atom stereocenters. The first-order valence-electron chi connectivity index (χ1n) is 9.47. The summed E-state index contributed by atoms with van der Waals surface area (Å²) < 4.78 is 0. The van der Waals surface area contributed by atoms with Crippen LogP contribution in [0.2, 0.25) is 5.02 Å². The normalized spacial score (nSPS) is 15.7. The molecule has 0 amide bonds. The smallest absolute Gasteiger partial charge is 0.0511 e. The number of nitrogens with zero attached hydrogens (tertiary/aromatic N) is 1. The summed E-state index contributed by atoms with van der Waals surface area (Å²) in [6.07, 6.45) is 3.47. The number of halogens is 1. The van der Waals surface area contributed by atoms with Gasteiger partial charge in [-0.1, -0.05) is 43.6 Å². The van der Waals surface area contributed by atoms with Crippen LogP contribution < -0.4 is 5.32 Å². The Morgan fingerprint density at radius 3 is 2.48 bits per heavy atom. The van der Waals surface area contributed by atoms with Crippen molar-refractivity contribution >= 4 is 17.3 Å². The molecule has 1 aliphatic rings. The first-order chi connectivity index (χ1) is 12.1. The monoisotopic (exact) mass is 356 g/mol. The molecule has 0 bridgehead atoms. The number of rotatable bonds is 7. The van der Waals surface area contributed by atoms with Crippen LogP contribution in [0.4, 0.5) is 5.69 Å². The number of nitrogens with one attached hydrogen (secondary N) is 1. The molecule has 0 aliphatic carbocycles. The molecule has 1 fully saturated rings. The molecule has 134 valence electrons. The highest BCUT2D eigenvalue weighted by Crippen LogP contribution is 2.28. The average Bonchev–Trinajstić information content (AvgIpc) is 2.58. The minimum absolute atomic E-state index is 0.306. The van der Waals surface area contributed by atoms with E-state index in [0.29, 0.717) is 6.04 Å². The van der Waals surface area contributed by atoms with E-state index in [1.807, 2.05) is 6.07 Å². The van der Waals surface area contributed by atoms with E-state index in [9.17, 15) is 0 Å². The van der Waals surface area contributed by atoms with Crippen LogP contribution in [0.5, 0.6) is 0 Å². The number of likely N-dealkylation sites (tertiary alicyclic amines) is 1. The van der Waals surface area contributed by atoms with Gasteiger partial charge in [0.15, 0.2) is 0 Å². The van der Waals surface area contributed by atoms with Crippen LogP contribution in [0.1, 0.15) is 55.0 Å². The Kier molecular flexibility index (Phi) is 6.03. The van der Waals surface area contributed by atoms with Crippen LogP contribution in [0.25, 0.3) is 0 Å². The van der Waals surface area contributed by atoms with Gasteiger partial charge < -0.3 is 5.32 Å². The van der Waals surface area contributed by atoms with Crippen LogP contribution in [0, 0.1) is 6.92 Å². The molecular formula is C22H29ClN2. The summed E-state index contributed by atoms with van der Waals surface area (Å²) in [7, 11) is 0. The first-order valence-corrected chi connectivity index (χ1v) is 9.85. The fraction of sp³-hybridized carbons (Fsp3) is 0.455. The predicted molar refractivity (Wildman–Crippen MR) is 109 cm³/mol. The van der Waals surface area contributed by atoms with Gasteiger partial charge >= 0.3 is 0 Å². The lowest BCUT2D eigenvalue weighted by Gasteiger charge is -2.31. The first kappa shape index (κ1) is 18.3. The van der Waals surface area contributed by atoms with Crippen molar-refractivity contribution in [3.63, 3.8) is 0 Å². The van der Waals surface area contributed by atoms with E-state index in [1.165, 1.54) is 41.9 Å². The second kappa shape index (κ2) is 8.25. The number of hydrogen-bond acceptors (Lipinski definition) is 2. The van der Waals surface area contributed by atoms with Gasteiger partial charge in [-0.3, -0.25) is 4.90 Å². The lowest BCUT2D eigenvalue weighted by Crippen LogP contribution is -2.36. The second-order valence-corrected chi connectivity index (χ2v) is 7.49. The zero-order chi connectivity index (χ0) is 17.8. The Morgan fingerprint density at radius 2 is 1.88 bits per heavy atom. The molecule has 2 nitrogen and oxygen atoms in total. The van der Waals surface area contributed by atoms with Crippen molar-refractivity contribution in [2.75, 3.05) is 18.4 Å². The molecule has 1 aliphatic heterocycles. The van der Waals surface area contributed by atoms with Crippen molar-refractivity contribution in [2.24, 2.45) is 0 Å². The summed E-state index contributed by atoms with van der Waals surface area (Å²) in [5, 5.41) is 4.57. The van der Waals surface area contributed by atoms with Gasteiger partial charge in [0.1, 0.15) is 0 Å². The van der Waals surface area contributed by atoms with Crippen LogP contribution >= 0.6 is 11.6 Å². The van der Waals surface area contributed by atoms with E-state index >= 15 is 0 Å². The molecule has 0 aromatic heterocycles. The minimum atomic E-state index is 0.306. The van der Waals surface area contributed by atoms with Crippen molar-refractivity contribution in [3.05, 3.63) is 63.7 Å². The molecular weight excluding hydrogens is 328 g/mol. The van der Waals surface area contributed by atoms with Gasteiger partial charge in [-0.15, -0.1) is 0 Å². The number of hydrogen-bond donors (Lipinski definition) is 1. The quantitative estimate of drug-likeness (QED) is 0.656. The minimum Gasteiger partial charge on any atom is -0.378 e. The molecule has 1 saturated heterocycles. The standard InChI is InChI=1S/C22H29ClN2/c1-4-17-7-9-20(14-19(17)15-25-11-6-12-25)24-22(5-2)18-8-10-21(23)16(3)13-18/h7-10,13-14,22,24H,4-6,11-12,15H2,1-3H3/t22-/m1/s1. The van der Waals surface area contributed by atoms with Gasteiger partial charge in [0, 0.05) is 17.3 Å². The van der Waals surface area contributed by atoms with E-state index in [4.69, 9.17) is 11.6 Å². The second-order valence-electron chi connectivity index (χ2n) is 7.08. The molecule has 2 aromatic rings. The van der Waals surface area contributed by atoms with E-state index in [1.54, 1.807) is 0 Å². The summed E-state index contributed by atoms with van der Waals surface area (Å²) in [6.45, 7) is 10.1. The number of aryl methyl sites for hydroxylation is 2. The Balaban J connectivity index is 1.79. The van der Waals surface area contributed by atoms with Crippen molar-refractivity contribution in [1.82, 2.24) is 4.90 Å². The molecule has 3 rings (SSSR count). The van der Waals surface area contributed by atoms with Gasteiger partial charge in [-0.25, -0.2) is 0 Å². The molecule has 1 heterocycles. The van der Waals surface area contributed by atoms with E-state index < -0.39 is 0 Å². The molecule has 3 heteroatoms. The largest absolute Gasteiger partial charge is 0.378 e. The lowest BCUT2D eigenvalue weighted by atomic mass is 10.00. The third-order valence-corrected chi connectivity index (χ3v) is 5.69. The Hall–Kier alpha value is -1.51. The zero-order valence-corrected chi connectivity index (χ0v) is 16.4. The van der Waals surface area contributed by atoms with Crippen molar-refractivity contribution in [1.29, 1.82) is 0 Å². The maximum absolute atomic E-state index is 6.19. The Morgan fingerprint density at radius 1 is 1.08 bits per heavy atom. The van der Waals surface area contributed by atoms with Crippen LogP contribution in [-0.4, -0.2) is 18.0 Å². The summed E-state index contributed by atoms with van der Waals surface area (Å²) in [6, 6.07) is 13.5. The maximum atomic E-state index is 6.19. The Bertz CT molecular complexity index is 722. The van der Waals surface area contributed by atoms with Crippen molar-refractivity contribution < 1.29 is 0 Å². The maximum Gasteiger partial charge on any atom is 0.0511 e. The SMILES string of the molecule is CCc1ccc(N[C@H](CC)c2ccc(Cl)c(C)c2)cc1CN1CCC1. The van der Waals surface area contributed by atoms with Crippen molar-refractivity contribution in [2.45, 2.75) is 52.6 Å². The molecule has 2 aromatic carbocycles. The van der Waals surface area contributed by atoms with Crippen LogP contribution in [-0.2, 0) is 13.0 Å². The predicted octanol–water partition coefficient (Wildman–Crippen LogP) is 5.98. The van der Waals surface area contributed by atoms with Crippen molar-refractivity contribution in [3.8, 4) is 0 Å². The molecule has 0 saturated carbocycles. The molecule has 0 unspecified atom stereocenters. The van der Waals surface area contributed by atoms with Gasteiger partial charge in [0.25, 0.3) is 0 Å². The third-order valence-electron chi connectivity index (χ3n) is 5.26. The van der Waals surface area contributed by atoms with Crippen LogP contribution in [0.15, 0.2) is 36.4 Å². The third kappa shape index (κ3) is 4.37. The Labute approximate surface area is 157 Å². The highest BCUT2D eigenvalue weighted by molar-refractivity contribution is 6.31. The average molecular weight is 357 g/mol. The van der Waals surface area contributed by atoms with Gasteiger partial charge in [0.2, 0.25) is 0 Å². The fourth-order valence-electron chi connectivity index (χ4n) is 3.50. The number of anilines is 1. The number of benzene rings is 2. The molecule has 1 N–H and O–H groups in total. The van der Waals surface area contributed by atoms with E-state index in [-0.39, 0.29) is 0 Å². The van der Waals surface area contributed by atoms with Crippen LogP contribution in [0.3, 0.4) is 0 Å². The lowest BCUT2D eigenvalue weighted by molar-refractivity contribution is 0.172. The fourth-order valence-corrected chi connectivity index (χ4v) is 3.61. The molecule has 25 heavy (non-hydrogen) atoms. The zero-order valence-electron chi connectivity index (χ0n) is 15.6. The van der Waals surface area contributed by atoms with Gasteiger partial charge in [-0.05, 0) is 79.7 Å². The van der Waals surface area contributed by atoms with E-state index in [0.717, 1.165) is 30.0 Å². The summed E-state index contributed by atoms with van der Waals surface area (Å²) in [4.78, 5) is 2.53. The molecule has 0 radical (unpaired) electrons. The van der Waals surface area contributed by atoms with Gasteiger partial charge in [-0.2, -0.15) is 0 Å². The van der Waals surface area contributed by atoms with Gasteiger partial charge in [0.05, 0.1) is 6.04 Å².